The molecule has 0 amide bonds. The van der Waals surface area contributed by atoms with Crippen LogP contribution in [0.3, 0.4) is 0 Å². The average Bonchev–Trinajstić information content (AvgIpc) is 2.02. The van der Waals surface area contributed by atoms with Crippen LogP contribution in [0, 0.1) is 0 Å². The Balaban J connectivity index is 0. The molecule has 0 saturated heterocycles. The van der Waals surface area contributed by atoms with Crippen LogP contribution >= 0.6 is 0 Å². The molecule has 0 radical (unpaired) electrons. The first-order chi connectivity index (χ1) is 6.52. The van der Waals surface area contributed by atoms with Gasteiger partial charge in [0.1, 0.15) is 0 Å². The first-order valence-electron chi connectivity index (χ1n) is 5.82. The maximum Gasteiger partial charge on any atom is -1.00 e. The summed E-state index contributed by atoms with van der Waals surface area (Å²) in [4.78, 5) is 4.58. The third kappa shape index (κ3) is 10.5. The van der Waals surface area contributed by atoms with Crippen LogP contribution in [0.2, 0.25) is 4.75 Å². The average molecular weight is 262 g/mol. The van der Waals surface area contributed by atoms with Crippen molar-refractivity contribution in [2.45, 2.75) is 30.4 Å². The van der Waals surface area contributed by atoms with Crippen molar-refractivity contribution in [1.82, 2.24) is 9.80 Å². The van der Waals surface area contributed by atoms with E-state index in [2.05, 4.69) is 38.0 Å². The molecular weight excluding hydrogens is 233 g/mol. The van der Waals surface area contributed by atoms with Crippen LogP contribution in [0.1, 0.15) is 27.1 Å². The van der Waals surface area contributed by atoms with Crippen molar-refractivity contribution in [2.75, 3.05) is 41.3 Å². The van der Waals surface area contributed by atoms with Crippen molar-refractivity contribution >= 4 is 16.5 Å². The van der Waals surface area contributed by atoms with Gasteiger partial charge in [-0.25, -0.2) is 0 Å². The van der Waals surface area contributed by atoms with Gasteiger partial charge in [-0.15, -0.1) is 0 Å². The Labute approximate surface area is 99.7 Å². The Morgan fingerprint density at radius 1 is 0.929 bits per heavy atom. The maximum atomic E-state index is 2.29. The normalized spacial score (nSPS) is 12.2. The fraction of sp³-hybridized carbons (Fsp3) is 1.00. The van der Waals surface area contributed by atoms with E-state index < -0.39 is 0 Å². The van der Waals surface area contributed by atoms with Gasteiger partial charge in [0.25, 0.3) is 0 Å². The summed E-state index contributed by atoms with van der Waals surface area (Å²) in [5, 5.41) is 0. The monoisotopic (exact) mass is 263 g/mol. The molecule has 0 aliphatic heterocycles. The topological polar surface area (TPSA) is 6.48 Å². The largest absolute Gasteiger partial charge is 1.00 e. The molecule has 0 unspecified atom stereocenters. The molecule has 14 heavy (non-hydrogen) atoms. The molecule has 0 saturated carbocycles. The third-order valence-electron chi connectivity index (χ3n) is 2.60. The minimum absolute atomic E-state index is 0. The van der Waals surface area contributed by atoms with Crippen LogP contribution in [-0.4, -0.2) is 67.6 Å². The predicted octanol–water partition coefficient (Wildman–Crippen LogP) is 0.936. The molecule has 0 spiro atoms. The Hall–Kier alpha value is 0.463. The summed E-state index contributed by atoms with van der Waals surface area (Å²) in [6.07, 6.45) is 5.71. The number of hydrogen-bond acceptors (Lipinski definition) is 2. The van der Waals surface area contributed by atoms with Crippen molar-refractivity contribution < 1.29 is 1.43 Å². The van der Waals surface area contributed by atoms with Crippen molar-refractivity contribution in [1.29, 1.82) is 0 Å². The summed E-state index contributed by atoms with van der Waals surface area (Å²) in [7, 11) is 8.66. The zero-order chi connectivity index (χ0) is 11.0. The minimum atomic E-state index is 0. The van der Waals surface area contributed by atoms with Crippen molar-refractivity contribution in [3.8, 4) is 0 Å². The number of nitrogens with zero attached hydrogens (tertiary/aromatic N) is 2. The van der Waals surface area contributed by atoms with E-state index in [-0.39, 0.29) is 1.43 Å². The summed E-state index contributed by atoms with van der Waals surface area (Å²) in [5.41, 5.74) is 0. The number of rotatable bonds is 8. The van der Waals surface area contributed by atoms with Crippen molar-refractivity contribution in [3.63, 3.8) is 0 Å². The van der Waals surface area contributed by atoms with Crippen LogP contribution < -0.4 is 0 Å². The molecule has 0 N–H and O–H groups in total. The summed E-state index contributed by atoms with van der Waals surface area (Å²) in [6.45, 7) is 2.53. The standard InChI is InChI=1S/C11H28GeN2.H/c1-13(2)9-5-7-11(12)8-6-10-14(3)4;/h11H,5-10H2,1-4,12H3;/q;-1. The SMILES string of the molecule is CN(C)CCC[CH]([GeH3])CCCN(C)C.[H-]. The molecule has 0 aromatic rings. The van der Waals surface area contributed by atoms with Gasteiger partial charge in [-0.2, -0.15) is 0 Å². The predicted molar refractivity (Wildman–Crippen MR) is 70.4 cm³/mol. The van der Waals surface area contributed by atoms with E-state index in [9.17, 15) is 0 Å². The van der Waals surface area contributed by atoms with Gasteiger partial charge in [0.15, 0.2) is 0 Å². The van der Waals surface area contributed by atoms with Crippen molar-refractivity contribution in [2.24, 2.45) is 0 Å². The molecule has 0 rings (SSSR count). The molecule has 0 aliphatic carbocycles. The summed E-state index contributed by atoms with van der Waals surface area (Å²) in [6, 6.07) is 0. The van der Waals surface area contributed by atoms with E-state index in [1.54, 1.807) is 0 Å². The quantitative estimate of drug-likeness (QED) is 0.600. The second-order valence-electron chi connectivity index (χ2n) is 5.00. The molecule has 2 nitrogen and oxygen atoms in total. The molecule has 0 atom stereocenters. The van der Waals surface area contributed by atoms with Gasteiger partial charge in [0.2, 0.25) is 0 Å². The van der Waals surface area contributed by atoms with E-state index in [0.29, 0.717) is 0 Å². The molecule has 0 fully saturated rings. The van der Waals surface area contributed by atoms with Gasteiger partial charge in [0.05, 0.1) is 0 Å². The van der Waals surface area contributed by atoms with E-state index in [4.69, 9.17) is 0 Å². The second kappa shape index (κ2) is 8.75. The number of hydrogen-bond donors (Lipinski definition) is 0. The van der Waals surface area contributed by atoms with E-state index in [1.807, 2.05) is 0 Å². The third-order valence-corrected chi connectivity index (χ3v) is 5.03. The fourth-order valence-electron chi connectivity index (χ4n) is 1.66. The molecule has 3 heteroatoms. The Bertz CT molecular complexity index is 118. The summed E-state index contributed by atoms with van der Waals surface area (Å²) in [5.74, 6) is 0. The maximum absolute atomic E-state index is 2.29. The smallest absolute Gasteiger partial charge is 1.00 e. The van der Waals surface area contributed by atoms with Gasteiger partial charge in [-0.05, 0) is 0 Å². The molecule has 88 valence electrons. The minimum Gasteiger partial charge on any atom is -1.00 e. The summed E-state index contributed by atoms with van der Waals surface area (Å²) >= 11 is 1.02. The Kier molecular flexibility index (Phi) is 9.03. The van der Waals surface area contributed by atoms with Gasteiger partial charge in [-0.1, -0.05) is 0 Å². The van der Waals surface area contributed by atoms with Gasteiger partial charge < -0.3 is 1.43 Å². The van der Waals surface area contributed by atoms with Crippen LogP contribution in [-0.2, 0) is 0 Å². The summed E-state index contributed by atoms with van der Waals surface area (Å²) < 4.78 is 1.09. The molecule has 0 aromatic heterocycles. The zero-order valence-corrected chi connectivity index (χ0v) is 14.9. The van der Waals surface area contributed by atoms with Gasteiger partial charge in [0, 0.05) is 0 Å². The zero-order valence-electron chi connectivity index (χ0n) is 11.7. The Morgan fingerprint density at radius 2 is 1.29 bits per heavy atom. The van der Waals surface area contributed by atoms with E-state index in [0.717, 1.165) is 21.3 Å². The first kappa shape index (κ1) is 14.5. The fourth-order valence-corrected chi connectivity index (χ4v) is 3.37. The van der Waals surface area contributed by atoms with E-state index in [1.165, 1.54) is 38.8 Å². The molecule has 0 heterocycles. The van der Waals surface area contributed by atoms with Crippen molar-refractivity contribution in [3.05, 3.63) is 0 Å². The first-order valence-corrected chi connectivity index (χ1v) is 8.24. The molecular formula is C11H29GeN2-. The van der Waals surface area contributed by atoms with Gasteiger partial charge in [-0.3, -0.25) is 0 Å². The van der Waals surface area contributed by atoms with Crippen LogP contribution in [0.4, 0.5) is 0 Å². The van der Waals surface area contributed by atoms with Crippen LogP contribution in [0.15, 0.2) is 0 Å². The molecule has 0 aliphatic rings. The Morgan fingerprint density at radius 3 is 1.57 bits per heavy atom. The second-order valence-corrected chi connectivity index (χ2v) is 8.42. The van der Waals surface area contributed by atoms with Crippen LogP contribution in [0.5, 0.6) is 0 Å². The van der Waals surface area contributed by atoms with Gasteiger partial charge >= 0.3 is 98.0 Å². The van der Waals surface area contributed by atoms with Crippen LogP contribution in [0.25, 0.3) is 0 Å². The molecule has 0 bridgehead atoms. The van der Waals surface area contributed by atoms with E-state index >= 15 is 0 Å². The molecule has 0 aromatic carbocycles.